The average Bonchev–Trinajstić information content (AvgIpc) is 3.13. The zero-order valence-corrected chi connectivity index (χ0v) is 11.4. The Hall–Kier alpha value is -1.75. The number of rotatable bonds is 5. The minimum Gasteiger partial charge on any atom is -0.310 e. The average molecular weight is 277 g/mol. The van der Waals surface area contributed by atoms with E-state index in [1.165, 1.54) is 16.7 Å². The van der Waals surface area contributed by atoms with E-state index < -0.39 is 11.6 Å². The van der Waals surface area contributed by atoms with Crippen LogP contribution in [0, 0.1) is 11.6 Å². The van der Waals surface area contributed by atoms with Gasteiger partial charge in [0.1, 0.15) is 11.5 Å². The molecule has 0 aliphatic heterocycles. The van der Waals surface area contributed by atoms with Crippen LogP contribution in [0.15, 0.2) is 24.5 Å². The third-order valence-electron chi connectivity index (χ3n) is 3.52. The number of hydrogen-bond acceptors (Lipinski definition) is 2. The quantitative estimate of drug-likeness (QED) is 0.910. The van der Waals surface area contributed by atoms with E-state index in [0.29, 0.717) is 30.4 Å². The monoisotopic (exact) mass is 277 g/mol. The predicted octanol–water partition coefficient (Wildman–Crippen LogP) is 2.96. The summed E-state index contributed by atoms with van der Waals surface area (Å²) in [6.07, 6.45) is 6.06. The fraction of sp³-hybridized carbons (Fsp3) is 0.400. The zero-order chi connectivity index (χ0) is 14.1. The molecule has 1 aromatic heterocycles. The Kier molecular flexibility index (Phi) is 3.53. The second kappa shape index (κ2) is 5.32. The Morgan fingerprint density at radius 3 is 2.60 bits per heavy atom. The number of nitrogens with one attached hydrogen (secondary N) is 1. The van der Waals surface area contributed by atoms with Crippen molar-refractivity contribution in [2.45, 2.75) is 38.8 Å². The van der Waals surface area contributed by atoms with Gasteiger partial charge in [0, 0.05) is 31.4 Å². The van der Waals surface area contributed by atoms with E-state index in [4.69, 9.17) is 0 Å². The third kappa shape index (κ3) is 2.58. The normalized spacial score (nSPS) is 14.8. The number of nitrogens with zero attached hydrogens (tertiary/aromatic N) is 2. The lowest BCUT2D eigenvalue weighted by atomic mass is 10.1. The molecule has 0 atom stereocenters. The highest BCUT2D eigenvalue weighted by atomic mass is 19.1. The predicted molar refractivity (Wildman–Crippen MR) is 72.7 cm³/mol. The number of benzene rings is 1. The molecule has 1 aliphatic carbocycles. The standard InChI is InChI=1S/C15H17F2N3/c1-2-14-18-5-6-20(14)15-12(16)7-10(8-13(15)17)9-19-11-3-4-11/h5-8,11,19H,2-4,9H2,1H3. The maximum Gasteiger partial charge on any atom is 0.150 e. The fourth-order valence-electron chi connectivity index (χ4n) is 2.30. The van der Waals surface area contributed by atoms with E-state index in [2.05, 4.69) is 10.3 Å². The molecule has 106 valence electrons. The second-order valence-electron chi connectivity index (χ2n) is 5.13. The van der Waals surface area contributed by atoms with Gasteiger partial charge in [-0.25, -0.2) is 13.8 Å². The SMILES string of the molecule is CCc1nccn1-c1c(F)cc(CNC2CC2)cc1F. The van der Waals surface area contributed by atoms with Crippen molar-refractivity contribution in [3.63, 3.8) is 0 Å². The van der Waals surface area contributed by atoms with E-state index >= 15 is 0 Å². The third-order valence-corrected chi connectivity index (χ3v) is 3.52. The molecule has 20 heavy (non-hydrogen) atoms. The van der Waals surface area contributed by atoms with Crippen molar-refractivity contribution in [1.82, 2.24) is 14.9 Å². The summed E-state index contributed by atoms with van der Waals surface area (Å²) >= 11 is 0. The Morgan fingerprint density at radius 1 is 1.30 bits per heavy atom. The summed E-state index contributed by atoms with van der Waals surface area (Å²) in [6, 6.07) is 3.31. The van der Waals surface area contributed by atoms with Crippen LogP contribution in [0.4, 0.5) is 8.78 Å². The molecule has 0 radical (unpaired) electrons. The Morgan fingerprint density at radius 2 is 2.00 bits per heavy atom. The van der Waals surface area contributed by atoms with Gasteiger partial charge in [0.2, 0.25) is 0 Å². The van der Waals surface area contributed by atoms with Crippen LogP contribution in [0.1, 0.15) is 31.2 Å². The highest BCUT2D eigenvalue weighted by molar-refractivity contribution is 5.39. The Labute approximate surface area is 116 Å². The molecule has 3 rings (SSSR count). The molecule has 1 N–H and O–H groups in total. The summed E-state index contributed by atoms with van der Waals surface area (Å²) in [6.45, 7) is 2.41. The minimum atomic E-state index is -0.551. The summed E-state index contributed by atoms with van der Waals surface area (Å²) in [4.78, 5) is 4.10. The highest BCUT2D eigenvalue weighted by Gasteiger charge is 2.21. The number of aromatic nitrogens is 2. The second-order valence-corrected chi connectivity index (χ2v) is 5.13. The van der Waals surface area contributed by atoms with Gasteiger partial charge in [-0.2, -0.15) is 0 Å². The van der Waals surface area contributed by atoms with Crippen LogP contribution in [-0.2, 0) is 13.0 Å². The first-order chi connectivity index (χ1) is 9.69. The molecular weight excluding hydrogens is 260 g/mol. The summed E-state index contributed by atoms with van der Waals surface area (Å²) in [5.74, 6) is -0.456. The summed E-state index contributed by atoms with van der Waals surface area (Å²) in [7, 11) is 0. The molecule has 0 spiro atoms. The van der Waals surface area contributed by atoms with Gasteiger partial charge in [0.15, 0.2) is 11.6 Å². The van der Waals surface area contributed by atoms with Crippen molar-refractivity contribution < 1.29 is 8.78 Å². The smallest absolute Gasteiger partial charge is 0.150 e. The maximum atomic E-state index is 14.2. The molecule has 0 saturated heterocycles. The van der Waals surface area contributed by atoms with Crippen molar-refractivity contribution in [3.8, 4) is 5.69 Å². The first-order valence-electron chi connectivity index (χ1n) is 6.93. The van der Waals surface area contributed by atoms with Crippen molar-refractivity contribution in [2.75, 3.05) is 0 Å². The lowest BCUT2D eigenvalue weighted by molar-refractivity contribution is 0.558. The molecule has 0 amide bonds. The fourth-order valence-corrected chi connectivity index (χ4v) is 2.30. The van der Waals surface area contributed by atoms with Gasteiger partial charge in [-0.15, -0.1) is 0 Å². The van der Waals surface area contributed by atoms with Crippen LogP contribution in [-0.4, -0.2) is 15.6 Å². The molecule has 0 unspecified atom stereocenters. The van der Waals surface area contributed by atoms with Gasteiger partial charge in [-0.3, -0.25) is 4.57 Å². The molecular formula is C15H17F2N3. The van der Waals surface area contributed by atoms with Gasteiger partial charge in [-0.1, -0.05) is 6.92 Å². The maximum absolute atomic E-state index is 14.2. The Bertz CT molecular complexity index is 594. The molecule has 1 fully saturated rings. The zero-order valence-electron chi connectivity index (χ0n) is 11.4. The Balaban J connectivity index is 1.91. The van der Waals surface area contributed by atoms with Crippen molar-refractivity contribution in [3.05, 3.63) is 47.5 Å². The van der Waals surface area contributed by atoms with Crippen LogP contribution in [0.2, 0.25) is 0 Å². The molecule has 1 aliphatic rings. The highest BCUT2D eigenvalue weighted by Crippen LogP contribution is 2.23. The summed E-state index contributed by atoms with van der Waals surface area (Å²) in [5, 5.41) is 3.25. The molecule has 0 bridgehead atoms. The number of imidazole rings is 1. The van der Waals surface area contributed by atoms with Crippen LogP contribution in [0.25, 0.3) is 5.69 Å². The number of aryl methyl sites for hydroxylation is 1. The van der Waals surface area contributed by atoms with Gasteiger partial charge >= 0.3 is 0 Å². The van der Waals surface area contributed by atoms with Gasteiger partial charge in [-0.05, 0) is 30.5 Å². The molecule has 5 heteroatoms. The van der Waals surface area contributed by atoms with Crippen molar-refractivity contribution in [1.29, 1.82) is 0 Å². The van der Waals surface area contributed by atoms with Crippen LogP contribution in [0.5, 0.6) is 0 Å². The van der Waals surface area contributed by atoms with E-state index in [9.17, 15) is 8.78 Å². The van der Waals surface area contributed by atoms with E-state index in [0.717, 1.165) is 12.8 Å². The van der Waals surface area contributed by atoms with Gasteiger partial charge in [0.25, 0.3) is 0 Å². The number of hydrogen-bond donors (Lipinski definition) is 1. The van der Waals surface area contributed by atoms with Crippen LogP contribution in [0.3, 0.4) is 0 Å². The van der Waals surface area contributed by atoms with Gasteiger partial charge in [0.05, 0.1) is 0 Å². The molecule has 1 heterocycles. The lowest BCUT2D eigenvalue weighted by Gasteiger charge is -2.11. The summed E-state index contributed by atoms with van der Waals surface area (Å²) < 4.78 is 29.9. The largest absolute Gasteiger partial charge is 0.310 e. The van der Waals surface area contributed by atoms with E-state index in [1.54, 1.807) is 12.4 Å². The first kappa shape index (κ1) is 13.2. The minimum absolute atomic E-state index is 0.0467. The topological polar surface area (TPSA) is 29.9 Å². The molecule has 1 saturated carbocycles. The molecule has 1 aromatic carbocycles. The molecule has 2 aromatic rings. The summed E-state index contributed by atoms with van der Waals surface area (Å²) in [5.41, 5.74) is 0.586. The molecule has 3 nitrogen and oxygen atoms in total. The van der Waals surface area contributed by atoms with Crippen molar-refractivity contribution in [2.24, 2.45) is 0 Å². The van der Waals surface area contributed by atoms with Gasteiger partial charge < -0.3 is 5.32 Å². The van der Waals surface area contributed by atoms with Crippen LogP contribution < -0.4 is 5.32 Å². The lowest BCUT2D eigenvalue weighted by Crippen LogP contribution is -2.16. The first-order valence-corrected chi connectivity index (χ1v) is 6.93. The van der Waals surface area contributed by atoms with E-state index in [1.807, 2.05) is 6.92 Å². The number of halogens is 2. The van der Waals surface area contributed by atoms with E-state index in [-0.39, 0.29) is 5.69 Å². The van der Waals surface area contributed by atoms with Crippen LogP contribution >= 0.6 is 0 Å². The van der Waals surface area contributed by atoms with Crippen molar-refractivity contribution >= 4 is 0 Å².